The molecule has 1 fully saturated rings. The molecular formula is C29H22N2O6S. The second-order valence-corrected chi connectivity index (χ2v) is 9.54. The quantitative estimate of drug-likeness (QED) is 0.145. The van der Waals surface area contributed by atoms with Crippen LogP contribution < -0.4 is 9.47 Å². The number of fused-ring (bicyclic) bond motifs is 1. The van der Waals surface area contributed by atoms with Gasteiger partial charge in [-0.3, -0.25) is 24.6 Å². The lowest BCUT2D eigenvalue weighted by atomic mass is 10.1. The van der Waals surface area contributed by atoms with E-state index in [-0.39, 0.29) is 40.8 Å². The van der Waals surface area contributed by atoms with Gasteiger partial charge in [-0.25, -0.2) is 0 Å². The Morgan fingerprint density at radius 3 is 2.37 bits per heavy atom. The molecule has 38 heavy (non-hydrogen) atoms. The molecule has 1 aliphatic rings. The number of hydrogen-bond donors (Lipinski definition) is 0. The number of imide groups is 1. The molecule has 0 atom stereocenters. The highest BCUT2D eigenvalue weighted by molar-refractivity contribution is 8.18. The third-order valence-corrected chi connectivity index (χ3v) is 6.97. The first-order valence-electron chi connectivity index (χ1n) is 11.7. The molecule has 0 unspecified atom stereocenters. The van der Waals surface area contributed by atoms with Crippen molar-refractivity contribution in [1.29, 1.82) is 0 Å². The van der Waals surface area contributed by atoms with Crippen LogP contribution >= 0.6 is 11.8 Å². The second-order valence-electron chi connectivity index (χ2n) is 8.54. The molecule has 4 aromatic rings. The summed E-state index contributed by atoms with van der Waals surface area (Å²) in [5.41, 5.74) is 1.56. The topological polar surface area (TPSA) is 99.0 Å². The van der Waals surface area contributed by atoms with Crippen LogP contribution in [-0.2, 0) is 17.9 Å². The molecule has 0 bridgehead atoms. The minimum absolute atomic E-state index is 0.0962. The lowest BCUT2D eigenvalue weighted by molar-refractivity contribution is -0.385. The predicted octanol–water partition coefficient (Wildman–Crippen LogP) is 6.57. The average molecular weight is 527 g/mol. The molecule has 0 saturated carbocycles. The van der Waals surface area contributed by atoms with Crippen molar-refractivity contribution < 1.29 is 24.0 Å². The lowest BCUT2D eigenvalue weighted by Gasteiger charge is -2.13. The molecule has 0 aromatic heterocycles. The van der Waals surface area contributed by atoms with Gasteiger partial charge in [0.2, 0.25) is 0 Å². The number of carbonyl (C=O) groups is 2. The molecule has 2 amide bonds. The first-order chi connectivity index (χ1) is 18.4. The minimum atomic E-state index is -0.556. The largest absolute Gasteiger partial charge is 0.493 e. The van der Waals surface area contributed by atoms with Crippen LogP contribution in [0, 0.1) is 10.1 Å². The van der Waals surface area contributed by atoms with Gasteiger partial charge in [0.05, 0.1) is 35.1 Å². The number of thioether (sulfide) groups is 1. The van der Waals surface area contributed by atoms with Crippen molar-refractivity contribution in [1.82, 2.24) is 4.90 Å². The number of carbonyl (C=O) groups excluding carboxylic acids is 2. The number of hydrogen-bond acceptors (Lipinski definition) is 7. The maximum absolute atomic E-state index is 13.1. The van der Waals surface area contributed by atoms with Gasteiger partial charge < -0.3 is 9.47 Å². The summed E-state index contributed by atoms with van der Waals surface area (Å²) in [5.74, 6) is -0.0383. The van der Waals surface area contributed by atoms with E-state index < -0.39 is 16.1 Å². The second kappa shape index (κ2) is 10.8. The van der Waals surface area contributed by atoms with Gasteiger partial charge in [-0.2, -0.15) is 0 Å². The van der Waals surface area contributed by atoms with E-state index in [1.54, 1.807) is 0 Å². The van der Waals surface area contributed by atoms with Gasteiger partial charge in [0.25, 0.3) is 16.8 Å². The Morgan fingerprint density at radius 2 is 1.63 bits per heavy atom. The van der Waals surface area contributed by atoms with Crippen molar-refractivity contribution in [2.45, 2.75) is 13.2 Å². The molecule has 8 nitrogen and oxygen atoms in total. The first-order valence-corrected chi connectivity index (χ1v) is 12.5. The van der Waals surface area contributed by atoms with Crippen LogP contribution in [-0.4, -0.2) is 28.1 Å². The number of benzene rings is 4. The minimum Gasteiger partial charge on any atom is -0.493 e. The molecular weight excluding hydrogens is 504 g/mol. The van der Waals surface area contributed by atoms with Crippen LogP contribution in [0.5, 0.6) is 11.5 Å². The molecule has 5 rings (SSSR count). The Labute approximate surface area is 222 Å². The van der Waals surface area contributed by atoms with Crippen LogP contribution in [0.2, 0.25) is 0 Å². The number of nitro groups is 1. The van der Waals surface area contributed by atoms with E-state index in [0.717, 1.165) is 38.6 Å². The van der Waals surface area contributed by atoms with Crippen molar-refractivity contribution in [3.8, 4) is 11.5 Å². The zero-order valence-corrected chi connectivity index (χ0v) is 21.1. The molecule has 4 aromatic carbocycles. The third kappa shape index (κ3) is 5.23. The SMILES string of the molecule is COc1cc(/C=C2\SC(=O)N(Cc3ccc4ccccc4c3)C2=O)c([N+](=O)[O-])cc1OCc1ccccc1. The molecule has 1 saturated heterocycles. The van der Waals surface area contributed by atoms with Crippen molar-refractivity contribution in [2.24, 2.45) is 0 Å². The summed E-state index contributed by atoms with van der Waals surface area (Å²) in [6, 6.07) is 25.7. The highest BCUT2D eigenvalue weighted by Gasteiger charge is 2.35. The number of ether oxygens (including phenoxy) is 2. The molecule has 0 radical (unpaired) electrons. The molecule has 0 spiro atoms. The standard InChI is InChI=1S/C29H22N2O6S/c1-36-25-14-23(24(31(34)35)16-26(25)37-18-19-7-3-2-4-8-19)15-27-28(32)30(29(33)38-27)17-20-11-12-21-9-5-6-10-22(21)13-20/h2-16H,17-18H2,1H3/b27-15-. The van der Waals surface area contributed by atoms with Crippen molar-refractivity contribution >= 4 is 45.4 Å². The average Bonchev–Trinajstić information content (AvgIpc) is 3.19. The van der Waals surface area contributed by atoms with Crippen LogP contribution in [0.1, 0.15) is 16.7 Å². The highest BCUT2D eigenvalue weighted by atomic mass is 32.2. The van der Waals surface area contributed by atoms with Gasteiger partial charge in [-0.1, -0.05) is 66.7 Å². The summed E-state index contributed by atoms with van der Waals surface area (Å²) in [7, 11) is 1.43. The summed E-state index contributed by atoms with van der Waals surface area (Å²) in [6.07, 6.45) is 1.35. The Kier molecular flexibility index (Phi) is 7.10. The van der Waals surface area contributed by atoms with E-state index in [1.165, 1.54) is 25.3 Å². The Balaban J connectivity index is 1.41. The van der Waals surface area contributed by atoms with Gasteiger partial charge in [-0.15, -0.1) is 0 Å². The maximum atomic E-state index is 13.1. The number of nitro benzene ring substituents is 1. The Bertz CT molecular complexity index is 1590. The van der Waals surface area contributed by atoms with Crippen LogP contribution in [0.4, 0.5) is 10.5 Å². The van der Waals surface area contributed by atoms with E-state index in [9.17, 15) is 19.7 Å². The van der Waals surface area contributed by atoms with Crippen LogP contribution in [0.25, 0.3) is 16.8 Å². The van der Waals surface area contributed by atoms with Gasteiger partial charge in [0.1, 0.15) is 6.61 Å². The van der Waals surface area contributed by atoms with Crippen molar-refractivity contribution in [3.05, 3.63) is 117 Å². The third-order valence-electron chi connectivity index (χ3n) is 6.06. The maximum Gasteiger partial charge on any atom is 0.293 e. The summed E-state index contributed by atoms with van der Waals surface area (Å²) in [6.45, 7) is 0.298. The molecule has 0 N–H and O–H groups in total. The Morgan fingerprint density at radius 1 is 0.895 bits per heavy atom. The van der Waals surface area contributed by atoms with Gasteiger partial charge in [-0.05, 0) is 51.9 Å². The van der Waals surface area contributed by atoms with E-state index in [1.807, 2.05) is 72.8 Å². The zero-order valence-electron chi connectivity index (χ0n) is 20.3. The molecule has 0 aliphatic carbocycles. The van der Waals surface area contributed by atoms with E-state index in [2.05, 4.69) is 0 Å². The van der Waals surface area contributed by atoms with Crippen LogP contribution in [0.3, 0.4) is 0 Å². The number of amides is 2. The van der Waals surface area contributed by atoms with Crippen molar-refractivity contribution in [3.63, 3.8) is 0 Å². The monoisotopic (exact) mass is 526 g/mol. The fraction of sp³-hybridized carbons (Fsp3) is 0.103. The highest BCUT2D eigenvalue weighted by Crippen LogP contribution is 2.39. The summed E-state index contributed by atoms with van der Waals surface area (Å²) >= 11 is 0.749. The Hall–Kier alpha value is -4.63. The van der Waals surface area contributed by atoms with Gasteiger partial charge in [0.15, 0.2) is 11.5 Å². The summed E-state index contributed by atoms with van der Waals surface area (Å²) in [5, 5.41) is 13.5. The number of methoxy groups -OCH3 is 1. The number of nitrogens with zero attached hydrogens (tertiary/aromatic N) is 2. The van der Waals surface area contributed by atoms with E-state index in [4.69, 9.17) is 9.47 Å². The predicted molar refractivity (Wildman–Crippen MR) is 146 cm³/mol. The molecule has 190 valence electrons. The van der Waals surface area contributed by atoms with Crippen molar-refractivity contribution in [2.75, 3.05) is 7.11 Å². The zero-order chi connectivity index (χ0) is 26.6. The summed E-state index contributed by atoms with van der Waals surface area (Å²) in [4.78, 5) is 38.4. The van der Waals surface area contributed by atoms with Gasteiger partial charge >= 0.3 is 0 Å². The smallest absolute Gasteiger partial charge is 0.293 e. The fourth-order valence-electron chi connectivity index (χ4n) is 4.14. The lowest BCUT2D eigenvalue weighted by Crippen LogP contribution is -2.27. The van der Waals surface area contributed by atoms with Crippen LogP contribution in [0.15, 0.2) is 89.8 Å². The molecule has 1 aliphatic heterocycles. The number of rotatable bonds is 8. The first kappa shape index (κ1) is 25.0. The normalized spacial score (nSPS) is 14.3. The van der Waals surface area contributed by atoms with E-state index in [0.29, 0.717) is 0 Å². The van der Waals surface area contributed by atoms with E-state index >= 15 is 0 Å². The molecule has 9 heteroatoms. The van der Waals surface area contributed by atoms with Gasteiger partial charge in [0, 0.05) is 0 Å². The summed E-state index contributed by atoms with van der Waals surface area (Å²) < 4.78 is 11.2. The molecule has 1 heterocycles. The fourth-order valence-corrected chi connectivity index (χ4v) is 4.97.